The van der Waals surface area contributed by atoms with E-state index < -0.39 is 0 Å². The van der Waals surface area contributed by atoms with Crippen LogP contribution in [0.15, 0.2) is 42.5 Å². The van der Waals surface area contributed by atoms with Crippen LogP contribution < -0.4 is 14.2 Å². The molecule has 1 aliphatic rings. The Morgan fingerprint density at radius 3 is 2.68 bits per heavy atom. The first-order valence-electron chi connectivity index (χ1n) is 8.56. The number of hydrogen-bond acceptors (Lipinski definition) is 4. The normalized spacial score (nSPS) is 17.5. The molecule has 5 heteroatoms. The van der Waals surface area contributed by atoms with Gasteiger partial charge in [-0.05, 0) is 37.6 Å². The Hall–Kier alpha value is -2.27. The van der Waals surface area contributed by atoms with Gasteiger partial charge in [0.15, 0.2) is 11.6 Å². The van der Waals surface area contributed by atoms with Gasteiger partial charge in [-0.25, -0.2) is 4.39 Å². The summed E-state index contributed by atoms with van der Waals surface area (Å²) in [6, 6.07) is 12.7. The van der Waals surface area contributed by atoms with Crippen molar-refractivity contribution in [2.24, 2.45) is 0 Å². The molecule has 1 fully saturated rings. The number of methoxy groups -OCH3 is 2. The van der Waals surface area contributed by atoms with Gasteiger partial charge in [0.2, 0.25) is 0 Å². The molecule has 1 saturated heterocycles. The van der Waals surface area contributed by atoms with Gasteiger partial charge in [-0.15, -0.1) is 0 Å². The lowest BCUT2D eigenvalue weighted by molar-refractivity contribution is 0.191. The van der Waals surface area contributed by atoms with Gasteiger partial charge in [0.05, 0.1) is 14.2 Å². The van der Waals surface area contributed by atoms with Gasteiger partial charge in [0.1, 0.15) is 18.1 Å². The number of hydrogen-bond donors (Lipinski definition) is 0. The number of rotatable bonds is 7. The van der Waals surface area contributed by atoms with Crippen molar-refractivity contribution >= 4 is 0 Å². The van der Waals surface area contributed by atoms with E-state index in [1.54, 1.807) is 32.4 Å². The number of ether oxygens (including phenoxy) is 3. The Bertz CT molecular complexity index is 707. The zero-order valence-corrected chi connectivity index (χ0v) is 14.7. The third kappa shape index (κ3) is 4.04. The molecule has 25 heavy (non-hydrogen) atoms. The van der Waals surface area contributed by atoms with Crippen molar-refractivity contribution in [2.75, 3.05) is 33.9 Å². The second-order valence-electron chi connectivity index (χ2n) is 6.08. The fraction of sp³-hybridized carbons (Fsp3) is 0.400. The molecule has 1 aliphatic heterocycles. The summed E-state index contributed by atoms with van der Waals surface area (Å²) in [5, 5.41) is 0. The molecule has 0 aromatic heterocycles. The smallest absolute Gasteiger partial charge is 0.165 e. The van der Waals surface area contributed by atoms with Crippen LogP contribution in [0.5, 0.6) is 17.2 Å². The molecule has 1 heterocycles. The average molecular weight is 345 g/mol. The van der Waals surface area contributed by atoms with Gasteiger partial charge in [-0.3, -0.25) is 4.90 Å². The maximum absolute atomic E-state index is 13.6. The van der Waals surface area contributed by atoms with E-state index in [9.17, 15) is 4.39 Å². The molecule has 0 spiro atoms. The van der Waals surface area contributed by atoms with Crippen LogP contribution in [0, 0.1) is 5.82 Å². The largest absolute Gasteiger partial charge is 0.497 e. The SMILES string of the molecule is COc1ccc(C2CCCN2CCOc2ccccc2F)c(OC)c1. The first kappa shape index (κ1) is 17.5. The molecule has 0 N–H and O–H groups in total. The van der Waals surface area contributed by atoms with Crippen molar-refractivity contribution < 1.29 is 18.6 Å². The summed E-state index contributed by atoms with van der Waals surface area (Å²) >= 11 is 0. The summed E-state index contributed by atoms with van der Waals surface area (Å²) in [7, 11) is 3.33. The number of likely N-dealkylation sites (tertiary alicyclic amines) is 1. The van der Waals surface area contributed by atoms with Gasteiger partial charge in [0.25, 0.3) is 0 Å². The molecule has 3 rings (SSSR count). The molecule has 0 radical (unpaired) electrons. The fourth-order valence-corrected chi connectivity index (χ4v) is 3.37. The Kier molecular flexibility index (Phi) is 5.76. The van der Waals surface area contributed by atoms with E-state index in [2.05, 4.69) is 11.0 Å². The lowest BCUT2D eigenvalue weighted by Crippen LogP contribution is -2.28. The number of benzene rings is 2. The van der Waals surface area contributed by atoms with E-state index in [0.717, 1.165) is 43.0 Å². The molecule has 2 aromatic carbocycles. The Labute approximate surface area is 148 Å². The van der Waals surface area contributed by atoms with E-state index in [-0.39, 0.29) is 11.9 Å². The third-order valence-electron chi connectivity index (χ3n) is 4.64. The number of nitrogens with zero attached hydrogens (tertiary/aromatic N) is 1. The van der Waals surface area contributed by atoms with Gasteiger partial charge < -0.3 is 14.2 Å². The Balaban J connectivity index is 1.66. The van der Waals surface area contributed by atoms with E-state index >= 15 is 0 Å². The quantitative estimate of drug-likeness (QED) is 0.757. The maximum atomic E-state index is 13.6. The van der Waals surface area contributed by atoms with Gasteiger partial charge in [-0.1, -0.05) is 18.2 Å². The molecule has 1 atom stereocenters. The monoisotopic (exact) mass is 345 g/mol. The predicted molar refractivity (Wildman–Crippen MR) is 95.0 cm³/mol. The van der Waals surface area contributed by atoms with Crippen molar-refractivity contribution in [1.29, 1.82) is 0 Å². The molecule has 0 amide bonds. The Morgan fingerprint density at radius 1 is 1.08 bits per heavy atom. The van der Waals surface area contributed by atoms with Crippen LogP contribution in [0.1, 0.15) is 24.4 Å². The van der Waals surface area contributed by atoms with Crippen molar-refractivity contribution in [3.63, 3.8) is 0 Å². The minimum Gasteiger partial charge on any atom is -0.497 e. The lowest BCUT2D eigenvalue weighted by atomic mass is 10.0. The van der Waals surface area contributed by atoms with E-state index in [0.29, 0.717) is 12.4 Å². The molecular weight excluding hydrogens is 321 g/mol. The van der Waals surface area contributed by atoms with Crippen molar-refractivity contribution in [2.45, 2.75) is 18.9 Å². The van der Waals surface area contributed by atoms with Crippen LogP contribution in [-0.4, -0.2) is 38.8 Å². The highest BCUT2D eigenvalue weighted by molar-refractivity contribution is 5.42. The van der Waals surface area contributed by atoms with Crippen molar-refractivity contribution in [1.82, 2.24) is 4.90 Å². The summed E-state index contributed by atoms with van der Waals surface area (Å²) in [5.41, 5.74) is 1.16. The number of para-hydroxylation sites is 1. The zero-order valence-electron chi connectivity index (χ0n) is 14.7. The van der Waals surface area contributed by atoms with Crippen molar-refractivity contribution in [3.8, 4) is 17.2 Å². The summed E-state index contributed by atoms with van der Waals surface area (Å²) in [6.45, 7) is 2.20. The molecule has 0 aliphatic carbocycles. The van der Waals surface area contributed by atoms with Gasteiger partial charge >= 0.3 is 0 Å². The molecule has 134 valence electrons. The van der Waals surface area contributed by atoms with Crippen LogP contribution in [-0.2, 0) is 0 Å². The molecule has 0 bridgehead atoms. The molecule has 2 aromatic rings. The topological polar surface area (TPSA) is 30.9 Å². The summed E-state index contributed by atoms with van der Waals surface area (Å²) < 4.78 is 30.1. The van der Waals surface area contributed by atoms with E-state index in [1.165, 1.54) is 6.07 Å². The Morgan fingerprint density at radius 2 is 1.92 bits per heavy atom. The van der Waals surface area contributed by atoms with E-state index in [1.807, 2.05) is 12.1 Å². The highest BCUT2D eigenvalue weighted by Crippen LogP contribution is 2.38. The highest BCUT2D eigenvalue weighted by Gasteiger charge is 2.28. The highest BCUT2D eigenvalue weighted by atomic mass is 19.1. The fourth-order valence-electron chi connectivity index (χ4n) is 3.37. The lowest BCUT2D eigenvalue weighted by Gasteiger charge is -2.26. The summed E-state index contributed by atoms with van der Waals surface area (Å²) in [4.78, 5) is 2.37. The number of halogens is 1. The molecule has 4 nitrogen and oxygen atoms in total. The second-order valence-corrected chi connectivity index (χ2v) is 6.08. The molecule has 1 unspecified atom stereocenters. The first-order chi connectivity index (χ1) is 12.2. The first-order valence-corrected chi connectivity index (χ1v) is 8.56. The summed E-state index contributed by atoms with van der Waals surface area (Å²) in [6.07, 6.45) is 2.20. The molecular formula is C20H24FNO3. The minimum absolute atomic E-state index is 0.282. The van der Waals surface area contributed by atoms with Gasteiger partial charge in [-0.2, -0.15) is 0 Å². The molecule has 0 saturated carbocycles. The average Bonchev–Trinajstić information content (AvgIpc) is 3.11. The standard InChI is InChI=1S/C20H24FNO3/c1-23-15-9-10-16(20(14-15)24-2)18-7-5-11-22(18)12-13-25-19-8-4-3-6-17(19)21/h3-4,6,8-10,14,18H,5,7,11-13H2,1-2H3. The maximum Gasteiger partial charge on any atom is 0.165 e. The zero-order chi connectivity index (χ0) is 17.6. The van der Waals surface area contributed by atoms with Crippen LogP contribution in [0.4, 0.5) is 4.39 Å². The predicted octanol–water partition coefficient (Wildman–Crippen LogP) is 4.06. The third-order valence-corrected chi connectivity index (χ3v) is 4.64. The minimum atomic E-state index is -0.322. The van der Waals surface area contributed by atoms with Crippen LogP contribution in [0.3, 0.4) is 0 Å². The van der Waals surface area contributed by atoms with Gasteiger partial charge in [0, 0.05) is 24.2 Å². The second kappa shape index (κ2) is 8.21. The van der Waals surface area contributed by atoms with Crippen LogP contribution in [0.2, 0.25) is 0 Å². The summed E-state index contributed by atoms with van der Waals surface area (Å²) in [5.74, 6) is 1.61. The van der Waals surface area contributed by atoms with Crippen LogP contribution in [0.25, 0.3) is 0 Å². The van der Waals surface area contributed by atoms with Crippen LogP contribution >= 0.6 is 0 Å². The van der Waals surface area contributed by atoms with E-state index in [4.69, 9.17) is 14.2 Å². The van der Waals surface area contributed by atoms with Crippen molar-refractivity contribution in [3.05, 3.63) is 53.8 Å².